The summed E-state index contributed by atoms with van der Waals surface area (Å²) in [6.45, 7) is 3.44. The summed E-state index contributed by atoms with van der Waals surface area (Å²) in [4.78, 5) is 16.3. The highest BCUT2D eigenvalue weighted by Crippen LogP contribution is 2.28. The molecule has 0 atom stereocenters. The molecule has 4 rings (SSSR count). The number of thiazole rings is 1. The maximum absolute atomic E-state index is 13.1. The number of aryl methyl sites for hydroxylation is 2. The van der Waals surface area contributed by atoms with Gasteiger partial charge in [-0.3, -0.25) is 14.5 Å². The molecule has 0 unspecified atom stereocenters. The van der Waals surface area contributed by atoms with Gasteiger partial charge in [0.15, 0.2) is 4.96 Å². The average Bonchev–Trinajstić information content (AvgIpc) is 3.26. The zero-order chi connectivity index (χ0) is 22.3. The Morgan fingerprint density at radius 2 is 1.90 bits per heavy atom. The molecule has 0 fully saturated rings. The molecule has 160 valence electrons. The number of imidazole rings is 1. The lowest BCUT2D eigenvalue weighted by atomic mass is 10.2. The van der Waals surface area contributed by atoms with Crippen molar-refractivity contribution < 1.29 is 17.7 Å². The third-order valence-corrected chi connectivity index (χ3v) is 7.59. The lowest BCUT2D eigenvalue weighted by Gasteiger charge is -2.09. The fraction of sp³-hybridized carbons (Fsp3) is 0.150. The van der Waals surface area contributed by atoms with Crippen LogP contribution in [0.4, 0.5) is 10.1 Å². The Kier molecular flexibility index (Phi) is 5.33. The quantitative estimate of drug-likeness (QED) is 0.343. The molecule has 0 aliphatic heterocycles. The van der Waals surface area contributed by atoms with Crippen molar-refractivity contribution in [1.82, 2.24) is 14.1 Å². The predicted octanol–water partition coefficient (Wildman–Crippen LogP) is 4.21. The van der Waals surface area contributed by atoms with Crippen LogP contribution in [0.15, 0.2) is 53.6 Å². The van der Waals surface area contributed by atoms with Crippen LogP contribution in [0.3, 0.4) is 0 Å². The Morgan fingerprint density at radius 1 is 1.19 bits per heavy atom. The Hall–Kier alpha value is -3.15. The third-order valence-electron chi connectivity index (χ3n) is 4.87. The third kappa shape index (κ3) is 4.07. The fourth-order valence-corrected chi connectivity index (χ4v) is 5.56. The van der Waals surface area contributed by atoms with Crippen LogP contribution in [0.2, 0.25) is 0 Å². The molecule has 1 N–H and O–H groups in total. The monoisotopic (exact) mass is 460 g/mol. The highest BCUT2D eigenvalue weighted by atomic mass is 32.2. The van der Waals surface area contributed by atoms with Crippen molar-refractivity contribution in [3.05, 3.63) is 80.7 Å². The SMILES string of the molecule is Cc1cc([N+](=O)[O-])ccc1S(=O)(=O)NCc1sc2nc(-c3ccc(F)cc3)cn2c1C. The number of non-ortho nitro benzene ring substituents is 1. The summed E-state index contributed by atoms with van der Waals surface area (Å²) in [5.74, 6) is -0.321. The molecular formula is C20H17FN4O4S2. The van der Waals surface area contributed by atoms with Gasteiger partial charge >= 0.3 is 0 Å². The molecule has 31 heavy (non-hydrogen) atoms. The number of nitrogens with zero attached hydrogens (tertiary/aromatic N) is 3. The molecule has 0 spiro atoms. The zero-order valence-electron chi connectivity index (χ0n) is 16.5. The number of benzene rings is 2. The van der Waals surface area contributed by atoms with E-state index in [-0.39, 0.29) is 22.9 Å². The maximum Gasteiger partial charge on any atom is 0.269 e. The van der Waals surface area contributed by atoms with Crippen LogP contribution in [0.1, 0.15) is 16.1 Å². The van der Waals surface area contributed by atoms with Gasteiger partial charge < -0.3 is 0 Å². The molecule has 4 aromatic rings. The van der Waals surface area contributed by atoms with Crippen LogP contribution in [-0.4, -0.2) is 22.7 Å². The van der Waals surface area contributed by atoms with E-state index < -0.39 is 14.9 Å². The standard InChI is InChI=1S/C20H17FN4O4S2/c1-12-9-16(25(26)27)7-8-19(12)31(28,29)22-10-18-13(2)24-11-17(23-20(24)30-18)14-3-5-15(21)6-4-14/h3-9,11,22H,10H2,1-2H3. The first-order valence-corrected chi connectivity index (χ1v) is 11.4. The van der Waals surface area contributed by atoms with Gasteiger partial charge in [0.2, 0.25) is 10.0 Å². The number of sulfonamides is 1. The van der Waals surface area contributed by atoms with Gasteiger partial charge in [-0.2, -0.15) is 0 Å². The van der Waals surface area contributed by atoms with E-state index in [1.54, 1.807) is 12.1 Å². The molecule has 2 aromatic heterocycles. The largest absolute Gasteiger partial charge is 0.294 e. The number of aromatic nitrogens is 2. The van der Waals surface area contributed by atoms with E-state index in [2.05, 4.69) is 9.71 Å². The van der Waals surface area contributed by atoms with Crippen molar-refractivity contribution in [2.45, 2.75) is 25.3 Å². The number of hydrogen-bond acceptors (Lipinski definition) is 6. The van der Waals surface area contributed by atoms with Crippen molar-refractivity contribution in [2.24, 2.45) is 0 Å². The normalized spacial score (nSPS) is 11.8. The lowest BCUT2D eigenvalue weighted by molar-refractivity contribution is -0.385. The first-order valence-electron chi connectivity index (χ1n) is 9.14. The summed E-state index contributed by atoms with van der Waals surface area (Å²) in [6, 6.07) is 9.68. The molecule has 2 aromatic carbocycles. The first-order chi connectivity index (χ1) is 14.7. The lowest BCUT2D eigenvalue weighted by Crippen LogP contribution is -2.24. The van der Waals surface area contributed by atoms with Crippen LogP contribution in [0, 0.1) is 29.8 Å². The van der Waals surface area contributed by atoms with Crippen molar-refractivity contribution in [3.63, 3.8) is 0 Å². The van der Waals surface area contributed by atoms with Crippen molar-refractivity contribution >= 4 is 32.0 Å². The number of halogens is 1. The van der Waals surface area contributed by atoms with E-state index >= 15 is 0 Å². The molecular weight excluding hydrogens is 443 g/mol. The summed E-state index contributed by atoms with van der Waals surface area (Å²) in [7, 11) is -3.86. The maximum atomic E-state index is 13.1. The van der Waals surface area contributed by atoms with E-state index in [1.807, 2.05) is 17.5 Å². The van der Waals surface area contributed by atoms with Crippen molar-refractivity contribution in [2.75, 3.05) is 0 Å². The van der Waals surface area contributed by atoms with Crippen LogP contribution in [-0.2, 0) is 16.6 Å². The highest BCUT2D eigenvalue weighted by molar-refractivity contribution is 7.89. The second kappa shape index (κ2) is 7.84. The van der Waals surface area contributed by atoms with Gasteiger partial charge in [-0.1, -0.05) is 11.3 Å². The van der Waals surface area contributed by atoms with Crippen LogP contribution >= 0.6 is 11.3 Å². The number of nitro benzene ring substituents is 1. The van der Waals surface area contributed by atoms with E-state index in [4.69, 9.17) is 0 Å². The summed E-state index contributed by atoms with van der Waals surface area (Å²) in [5, 5.41) is 10.9. The Morgan fingerprint density at radius 3 is 2.52 bits per heavy atom. The molecule has 0 bridgehead atoms. The summed E-state index contributed by atoms with van der Waals surface area (Å²) in [6.07, 6.45) is 1.83. The minimum Gasteiger partial charge on any atom is -0.294 e. The molecule has 0 radical (unpaired) electrons. The highest BCUT2D eigenvalue weighted by Gasteiger charge is 2.21. The number of hydrogen-bond donors (Lipinski definition) is 1. The van der Waals surface area contributed by atoms with Crippen molar-refractivity contribution in [3.8, 4) is 11.3 Å². The van der Waals surface area contributed by atoms with E-state index in [0.29, 0.717) is 16.2 Å². The van der Waals surface area contributed by atoms with Gasteiger partial charge in [-0.15, -0.1) is 0 Å². The minimum atomic E-state index is -3.86. The smallest absolute Gasteiger partial charge is 0.269 e. The number of fused-ring (bicyclic) bond motifs is 1. The zero-order valence-corrected chi connectivity index (χ0v) is 18.1. The van der Waals surface area contributed by atoms with E-state index in [1.165, 1.54) is 48.6 Å². The van der Waals surface area contributed by atoms with E-state index in [0.717, 1.165) is 16.1 Å². The molecule has 0 aliphatic rings. The van der Waals surface area contributed by atoms with Gasteiger partial charge in [0.05, 0.1) is 15.5 Å². The Balaban J connectivity index is 1.56. The number of nitro groups is 1. The Labute approximate surface area is 181 Å². The minimum absolute atomic E-state index is 0.00400. The molecule has 8 nitrogen and oxygen atoms in total. The summed E-state index contributed by atoms with van der Waals surface area (Å²) >= 11 is 1.35. The molecule has 0 saturated carbocycles. The van der Waals surface area contributed by atoms with Gasteiger partial charge in [0, 0.05) is 41.0 Å². The van der Waals surface area contributed by atoms with Crippen LogP contribution in [0.5, 0.6) is 0 Å². The van der Waals surface area contributed by atoms with Gasteiger partial charge in [-0.25, -0.2) is 22.5 Å². The van der Waals surface area contributed by atoms with Crippen LogP contribution in [0.25, 0.3) is 16.2 Å². The average molecular weight is 461 g/mol. The van der Waals surface area contributed by atoms with Gasteiger partial charge in [0.1, 0.15) is 5.82 Å². The second-order valence-electron chi connectivity index (χ2n) is 6.93. The van der Waals surface area contributed by atoms with Crippen molar-refractivity contribution in [1.29, 1.82) is 0 Å². The fourth-order valence-electron chi connectivity index (χ4n) is 3.20. The molecule has 0 aliphatic carbocycles. The van der Waals surface area contributed by atoms with E-state index in [9.17, 15) is 22.9 Å². The molecule has 0 saturated heterocycles. The Bertz CT molecular complexity index is 1410. The predicted molar refractivity (Wildman–Crippen MR) is 115 cm³/mol. The second-order valence-corrected chi connectivity index (χ2v) is 9.73. The van der Waals surface area contributed by atoms with Gasteiger partial charge in [-0.05, 0) is 49.7 Å². The van der Waals surface area contributed by atoms with Crippen LogP contribution < -0.4 is 4.72 Å². The van der Waals surface area contributed by atoms with Gasteiger partial charge in [0.25, 0.3) is 5.69 Å². The number of nitrogens with one attached hydrogen (secondary N) is 1. The molecule has 11 heteroatoms. The molecule has 0 amide bonds. The summed E-state index contributed by atoms with van der Waals surface area (Å²) < 4.78 is 43.0. The first kappa shape index (κ1) is 21.1. The topological polar surface area (TPSA) is 107 Å². The number of rotatable bonds is 6. The summed E-state index contributed by atoms with van der Waals surface area (Å²) in [5.41, 5.74) is 2.45. The molecule has 2 heterocycles.